The molecule has 1 aromatic carbocycles. The molecular weight excluding hydrogens is 360 g/mol. The Labute approximate surface area is 163 Å². The molecule has 4 heterocycles. The van der Waals surface area contributed by atoms with Crippen LogP contribution in [0.2, 0.25) is 0 Å². The molecule has 2 aromatic rings. The van der Waals surface area contributed by atoms with Crippen LogP contribution in [0.5, 0.6) is 0 Å². The minimum absolute atomic E-state index is 0.0543. The van der Waals surface area contributed by atoms with Gasteiger partial charge in [0.1, 0.15) is 9.88 Å². The van der Waals surface area contributed by atoms with Crippen molar-refractivity contribution in [1.82, 2.24) is 15.2 Å². The van der Waals surface area contributed by atoms with Gasteiger partial charge in [-0.15, -0.1) is 11.3 Å². The first-order valence-corrected chi connectivity index (χ1v) is 10.2. The maximum Gasteiger partial charge on any atom is 0.263 e. The van der Waals surface area contributed by atoms with Crippen LogP contribution in [-0.2, 0) is 4.79 Å². The minimum atomic E-state index is -0.131. The van der Waals surface area contributed by atoms with Gasteiger partial charge in [0.15, 0.2) is 0 Å². The summed E-state index contributed by atoms with van der Waals surface area (Å²) in [4.78, 5) is 31.7. The van der Waals surface area contributed by atoms with Gasteiger partial charge in [0.05, 0.1) is 11.9 Å². The summed E-state index contributed by atoms with van der Waals surface area (Å²) in [6.07, 6.45) is 3.95. The molecule has 0 spiro atoms. The fourth-order valence-electron chi connectivity index (χ4n) is 4.24. The number of piperidine rings is 3. The maximum absolute atomic E-state index is 12.8. The van der Waals surface area contributed by atoms with Crippen LogP contribution in [0.1, 0.15) is 36.4 Å². The molecule has 3 aliphatic rings. The smallest absolute Gasteiger partial charge is 0.263 e. The second kappa shape index (κ2) is 7.40. The molecule has 3 fully saturated rings. The summed E-state index contributed by atoms with van der Waals surface area (Å²) in [7, 11) is 0. The number of aromatic nitrogens is 1. The van der Waals surface area contributed by atoms with E-state index >= 15 is 0 Å². The van der Waals surface area contributed by atoms with E-state index in [9.17, 15) is 9.59 Å². The van der Waals surface area contributed by atoms with Gasteiger partial charge in [-0.1, -0.05) is 12.1 Å². The number of amides is 2. The Balaban J connectivity index is 1.51. The number of thiazole rings is 1. The molecule has 5 rings (SSSR count). The van der Waals surface area contributed by atoms with E-state index in [-0.39, 0.29) is 17.9 Å². The number of hydrogen-bond donors (Lipinski definition) is 2. The lowest BCUT2D eigenvalue weighted by atomic mass is 9.79. The van der Waals surface area contributed by atoms with Crippen LogP contribution in [-0.4, -0.2) is 46.9 Å². The molecule has 0 saturated carbocycles. The molecule has 0 radical (unpaired) electrons. The molecule has 2 N–H and O–H groups in total. The Bertz CT molecular complexity index is 855. The normalized spacial score (nSPS) is 26.6. The Kier molecular flexibility index (Phi) is 4.97. The summed E-state index contributed by atoms with van der Waals surface area (Å²) in [5, 5.41) is 6.80. The van der Waals surface area contributed by atoms with Gasteiger partial charge in [-0.3, -0.25) is 14.5 Å². The number of carbonyl (C=O) groups excluding carboxylic acids is 2. The summed E-state index contributed by atoms with van der Waals surface area (Å²) in [5.74, 6) is 0.386. The first-order valence-electron chi connectivity index (χ1n) is 9.40. The average Bonchev–Trinajstić information content (AvgIpc) is 3.15. The van der Waals surface area contributed by atoms with Crippen molar-refractivity contribution in [3.8, 4) is 10.6 Å². The molecule has 3 aliphatic heterocycles. The summed E-state index contributed by atoms with van der Waals surface area (Å²) >= 11 is 1.36. The highest BCUT2D eigenvalue weighted by Crippen LogP contribution is 2.34. The van der Waals surface area contributed by atoms with Crippen LogP contribution in [0.4, 0.5) is 5.69 Å². The number of fused-ring (bicyclic) bond motifs is 3. The van der Waals surface area contributed by atoms with E-state index in [1.165, 1.54) is 18.3 Å². The zero-order valence-electron chi connectivity index (χ0n) is 15.6. The molecule has 2 amide bonds. The number of rotatable bonds is 4. The second-order valence-electron chi connectivity index (χ2n) is 7.37. The van der Waals surface area contributed by atoms with Gasteiger partial charge in [-0.25, -0.2) is 4.98 Å². The van der Waals surface area contributed by atoms with Crippen molar-refractivity contribution in [2.75, 3.05) is 18.4 Å². The Morgan fingerprint density at radius 3 is 2.67 bits per heavy atom. The fourth-order valence-corrected chi connectivity index (χ4v) is 5.10. The Hall–Kier alpha value is -2.25. The van der Waals surface area contributed by atoms with Gasteiger partial charge in [0.25, 0.3) is 5.91 Å². The predicted molar refractivity (Wildman–Crippen MR) is 107 cm³/mol. The third-order valence-corrected chi connectivity index (χ3v) is 6.70. The van der Waals surface area contributed by atoms with Gasteiger partial charge < -0.3 is 10.6 Å². The summed E-state index contributed by atoms with van der Waals surface area (Å²) in [5.41, 5.74) is 1.53. The van der Waals surface area contributed by atoms with E-state index in [0.717, 1.165) is 36.5 Å². The van der Waals surface area contributed by atoms with Crippen molar-refractivity contribution in [1.29, 1.82) is 0 Å². The quantitative estimate of drug-likeness (QED) is 0.850. The zero-order valence-corrected chi connectivity index (χ0v) is 16.4. The van der Waals surface area contributed by atoms with Crippen molar-refractivity contribution in [3.05, 3.63) is 35.3 Å². The van der Waals surface area contributed by atoms with E-state index in [4.69, 9.17) is 0 Å². The highest BCUT2D eigenvalue weighted by molar-refractivity contribution is 7.17. The number of anilines is 1. The molecule has 142 valence electrons. The zero-order chi connectivity index (χ0) is 19.0. The van der Waals surface area contributed by atoms with Gasteiger partial charge in [-0.05, 0) is 50.9 Å². The van der Waals surface area contributed by atoms with E-state index in [0.29, 0.717) is 22.5 Å². The molecule has 7 heteroatoms. The Morgan fingerprint density at radius 1 is 1.22 bits per heavy atom. The van der Waals surface area contributed by atoms with Crippen LogP contribution < -0.4 is 10.6 Å². The lowest BCUT2D eigenvalue weighted by molar-refractivity contribution is -0.114. The standard InChI is InChI=1S/C20H24N4O2S/c1-12-18(14-7-9-24(12)10-8-14)23-19(26)17-11-21-20(27-17)15-5-3-4-6-16(15)22-13(2)25/h3-6,11-12,14,18H,7-10H2,1-2H3,(H,22,25)(H,23,26). The topological polar surface area (TPSA) is 74.3 Å². The monoisotopic (exact) mass is 384 g/mol. The van der Waals surface area contributed by atoms with Gasteiger partial charge in [-0.2, -0.15) is 0 Å². The van der Waals surface area contributed by atoms with Crippen molar-refractivity contribution in [3.63, 3.8) is 0 Å². The van der Waals surface area contributed by atoms with Crippen LogP contribution in [0.3, 0.4) is 0 Å². The molecule has 2 atom stereocenters. The maximum atomic E-state index is 12.8. The third kappa shape index (κ3) is 3.61. The van der Waals surface area contributed by atoms with Gasteiger partial charge in [0.2, 0.25) is 5.91 Å². The van der Waals surface area contributed by atoms with Crippen LogP contribution in [0, 0.1) is 5.92 Å². The molecular formula is C20H24N4O2S. The number of hydrogen-bond acceptors (Lipinski definition) is 5. The minimum Gasteiger partial charge on any atom is -0.347 e. The van der Waals surface area contributed by atoms with Crippen LogP contribution in [0.25, 0.3) is 10.6 Å². The first-order chi connectivity index (χ1) is 13.0. The summed E-state index contributed by atoms with van der Waals surface area (Å²) < 4.78 is 0. The molecule has 3 saturated heterocycles. The first kappa shape index (κ1) is 18.1. The van der Waals surface area contributed by atoms with Crippen LogP contribution >= 0.6 is 11.3 Å². The number of nitrogens with zero attached hydrogens (tertiary/aromatic N) is 2. The van der Waals surface area contributed by atoms with E-state index < -0.39 is 0 Å². The molecule has 0 aliphatic carbocycles. The number of para-hydroxylation sites is 1. The average molecular weight is 385 g/mol. The summed E-state index contributed by atoms with van der Waals surface area (Å²) in [6, 6.07) is 8.10. The lowest BCUT2D eigenvalue weighted by Gasteiger charge is -2.49. The van der Waals surface area contributed by atoms with Crippen LogP contribution in [0.15, 0.2) is 30.5 Å². The van der Waals surface area contributed by atoms with Crippen molar-refractivity contribution in [2.45, 2.75) is 38.8 Å². The molecule has 27 heavy (non-hydrogen) atoms. The lowest BCUT2D eigenvalue weighted by Crippen LogP contribution is -2.62. The fraction of sp³-hybridized carbons (Fsp3) is 0.450. The number of benzene rings is 1. The third-order valence-electron chi connectivity index (χ3n) is 5.67. The number of carbonyl (C=O) groups is 2. The van der Waals surface area contributed by atoms with Gasteiger partial charge >= 0.3 is 0 Å². The van der Waals surface area contributed by atoms with Crippen molar-refractivity contribution < 1.29 is 9.59 Å². The largest absolute Gasteiger partial charge is 0.347 e. The van der Waals surface area contributed by atoms with Crippen molar-refractivity contribution >= 4 is 28.8 Å². The molecule has 6 nitrogen and oxygen atoms in total. The van der Waals surface area contributed by atoms with Gasteiger partial charge in [0, 0.05) is 24.6 Å². The van der Waals surface area contributed by atoms with E-state index in [2.05, 4.69) is 27.4 Å². The predicted octanol–water partition coefficient (Wildman–Crippen LogP) is 2.98. The highest BCUT2D eigenvalue weighted by atomic mass is 32.1. The Morgan fingerprint density at radius 2 is 1.96 bits per heavy atom. The molecule has 2 unspecified atom stereocenters. The molecule has 1 aromatic heterocycles. The second-order valence-corrected chi connectivity index (χ2v) is 8.40. The number of nitrogens with one attached hydrogen (secondary N) is 2. The SMILES string of the molecule is CC(=O)Nc1ccccc1-c1ncc(C(=O)NC2C3CCN(CC3)C2C)s1. The highest BCUT2D eigenvalue weighted by Gasteiger charge is 2.40. The van der Waals surface area contributed by atoms with E-state index in [1.54, 1.807) is 6.20 Å². The molecule has 2 bridgehead atoms. The summed E-state index contributed by atoms with van der Waals surface area (Å²) in [6.45, 7) is 5.97. The van der Waals surface area contributed by atoms with E-state index in [1.807, 2.05) is 24.3 Å². The van der Waals surface area contributed by atoms with Crippen molar-refractivity contribution in [2.24, 2.45) is 5.92 Å².